The van der Waals surface area contributed by atoms with E-state index in [1.165, 1.54) is 39.7 Å². The molecule has 0 spiro atoms. The van der Waals surface area contributed by atoms with Crippen LogP contribution in [0, 0.1) is 18.3 Å². The molecule has 0 radical (unpaired) electrons. The number of imidazole rings is 1. The molecule has 204 valence electrons. The number of halogens is 1. The lowest BCUT2D eigenvalue weighted by molar-refractivity contribution is 0.324. The summed E-state index contributed by atoms with van der Waals surface area (Å²) < 4.78 is 45.8. The molecule has 0 unspecified atom stereocenters. The van der Waals surface area contributed by atoms with Crippen molar-refractivity contribution in [3.8, 4) is 29.0 Å². The third-order valence-electron chi connectivity index (χ3n) is 6.06. The molecule has 3 aromatic heterocycles. The molecular formula is C26H22ClN7O5S. The van der Waals surface area contributed by atoms with E-state index in [2.05, 4.69) is 20.3 Å². The van der Waals surface area contributed by atoms with Crippen LogP contribution in [0.15, 0.2) is 60.0 Å². The van der Waals surface area contributed by atoms with E-state index in [9.17, 15) is 13.7 Å². The molecule has 0 aliphatic heterocycles. The van der Waals surface area contributed by atoms with Crippen LogP contribution in [0.5, 0.6) is 17.2 Å². The fraction of sp³-hybridized carbons (Fsp3) is 0.154. The first kappa shape index (κ1) is 26.8. The van der Waals surface area contributed by atoms with Gasteiger partial charge < -0.3 is 24.1 Å². The van der Waals surface area contributed by atoms with Gasteiger partial charge in [-0.15, -0.1) is 0 Å². The third-order valence-corrected chi connectivity index (χ3v) is 7.90. The molecule has 12 nitrogen and oxygen atoms in total. The van der Waals surface area contributed by atoms with Crippen LogP contribution in [0.25, 0.3) is 16.7 Å². The maximum atomic E-state index is 13.5. The second-order valence-electron chi connectivity index (χ2n) is 8.48. The Labute approximate surface area is 234 Å². The topological polar surface area (TPSA) is 146 Å². The summed E-state index contributed by atoms with van der Waals surface area (Å²) in [6.07, 6.45) is 4.40. The van der Waals surface area contributed by atoms with Gasteiger partial charge in [-0.2, -0.15) is 15.2 Å². The first-order valence-corrected chi connectivity index (χ1v) is 13.4. The van der Waals surface area contributed by atoms with E-state index in [0.717, 1.165) is 9.54 Å². The minimum absolute atomic E-state index is 0.0350. The zero-order valence-electron chi connectivity index (χ0n) is 21.7. The predicted molar refractivity (Wildman–Crippen MR) is 148 cm³/mol. The van der Waals surface area contributed by atoms with Gasteiger partial charge in [0.2, 0.25) is 11.0 Å². The van der Waals surface area contributed by atoms with Crippen LogP contribution in [0.1, 0.15) is 11.1 Å². The van der Waals surface area contributed by atoms with E-state index in [1.54, 1.807) is 41.4 Å². The Balaban J connectivity index is 1.58. The molecule has 0 saturated carbocycles. The average molecular weight is 580 g/mol. The Kier molecular flexibility index (Phi) is 6.97. The number of aryl methyl sites for hydroxylation is 1. The van der Waals surface area contributed by atoms with Gasteiger partial charge in [0.15, 0.2) is 17.1 Å². The van der Waals surface area contributed by atoms with Crippen molar-refractivity contribution >= 4 is 44.3 Å². The van der Waals surface area contributed by atoms with Gasteiger partial charge in [0.05, 0.1) is 49.1 Å². The molecule has 1 N–H and O–H groups in total. The van der Waals surface area contributed by atoms with E-state index in [1.807, 2.05) is 13.0 Å². The number of nitriles is 1. The summed E-state index contributed by atoms with van der Waals surface area (Å²) in [5.41, 5.74) is 1.54. The van der Waals surface area contributed by atoms with Crippen LogP contribution in [-0.2, 0) is 10.0 Å². The molecule has 0 bridgehead atoms. The molecule has 14 heteroatoms. The maximum absolute atomic E-state index is 13.5. The van der Waals surface area contributed by atoms with Crippen molar-refractivity contribution in [2.75, 3.05) is 26.6 Å². The van der Waals surface area contributed by atoms with Gasteiger partial charge in [-0.3, -0.25) is 0 Å². The number of methoxy groups -OCH3 is 3. The number of benzene rings is 2. The van der Waals surface area contributed by atoms with Crippen molar-refractivity contribution in [1.29, 1.82) is 5.26 Å². The molecule has 5 rings (SSSR count). The molecule has 0 aliphatic rings. The van der Waals surface area contributed by atoms with Crippen LogP contribution in [0.3, 0.4) is 0 Å². The summed E-state index contributed by atoms with van der Waals surface area (Å²) in [5.74, 6) is 1.81. The number of nitrogens with one attached hydrogen (secondary N) is 1. The summed E-state index contributed by atoms with van der Waals surface area (Å²) in [6, 6.07) is 11.9. The van der Waals surface area contributed by atoms with E-state index >= 15 is 0 Å². The standard InChI is InChI=1S/C26H22ClN7O5S/c1-15-5-7-18(8-6-15)40(35,36)34-12-16(11-28)22-24(31-26(27)32-25(22)34)30-21-13-33(14-29-21)17-9-19(37-2)23(39-4)20(10-17)38-3/h5-10,12-14H,1-4H3,(H,30,31,32). The second-order valence-corrected chi connectivity index (χ2v) is 10.6. The van der Waals surface area contributed by atoms with Gasteiger partial charge in [-0.1, -0.05) is 17.7 Å². The van der Waals surface area contributed by atoms with Crippen molar-refractivity contribution in [2.45, 2.75) is 11.8 Å². The Morgan fingerprint density at radius 3 is 2.27 bits per heavy atom. The molecule has 0 fully saturated rings. The molecule has 0 amide bonds. The first-order valence-electron chi connectivity index (χ1n) is 11.6. The highest BCUT2D eigenvalue weighted by Crippen LogP contribution is 2.39. The highest BCUT2D eigenvalue weighted by Gasteiger charge is 2.26. The van der Waals surface area contributed by atoms with Gasteiger partial charge in [0.1, 0.15) is 24.0 Å². The Morgan fingerprint density at radius 2 is 1.68 bits per heavy atom. The van der Waals surface area contributed by atoms with Crippen molar-refractivity contribution in [1.82, 2.24) is 23.5 Å². The number of hydrogen-bond donors (Lipinski definition) is 1. The first-order chi connectivity index (χ1) is 19.2. The number of aromatic nitrogens is 5. The molecule has 2 aromatic carbocycles. The number of fused-ring (bicyclic) bond motifs is 1. The number of nitrogens with zero attached hydrogens (tertiary/aromatic N) is 6. The predicted octanol–water partition coefficient (Wildman–Crippen LogP) is 4.46. The zero-order chi connectivity index (χ0) is 28.6. The lowest BCUT2D eigenvalue weighted by Gasteiger charge is -2.14. The molecule has 0 atom stereocenters. The number of rotatable bonds is 8. The Bertz CT molecular complexity index is 1870. The smallest absolute Gasteiger partial charge is 0.269 e. The quantitative estimate of drug-likeness (QED) is 0.261. The molecule has 5 aromatic rings. The van der Waals surface area contributed by atoms with Crippen molar-refractivity contribution in [3.05, 3.63) is 71.5 Å². The summed E-state index contributed by atoms with van der Waals surface area (Å²) in [4.78, 5) is 12.8. The van der Waals surface area contributed by atoms with Gasteiger partial charge >= 0.3 is 0 Å². The molecule has 40 heavy (non-hydrogen) atoms. The van der Waals surface area contributed by atoms with Crippen LogP contribution in [0.4, 0.5) is 11.6 Å². The van der Waals surface area contributed by atoms with Crippen LogP contribution in [0.2, 0.25) is 5.28 Å². The zero-order valence-corrected chi connectivity index (χ0v) is 23.3. The Hall–Kier alpha value is -4.80. The van der Waals surface area contributed by atoms with E-state index in [4.69, 9.17) is 25.8 Å². The van der Waals surface area contributed by atoms with Crippen molar-refractivity contribution in [2.24, 2.45) is 0 Å². The summed E-state index contributed by atoms with van der Waals surface area (Å²) in [6.45, 7) is 1.85. The fourth-order valence-corrected chi connectivity index (χ4v) is 5.60. The van der Waals surface area contributed by atoms with Crippen LogP contribution in [-0.4, -0.2) is 53.2 Å². The van der Waals surface area contributed by atoms with E-state index in [-0.39, 0.29) is 32.6 Å². The monoisotopic (exact) mass is 579 g/mol. The maximum Gasteiger partial charge on any atom is 0.269 e. The minimum Gasteiger partial charge on any atom is -0.493 e. The van der Waals surface area contributed by atoms with E-state index < -0.39 is 10.0 Å². The molecule has 3 heterocycles. The highest BCUT2D eigenvalue weighted by molar-refractivity contribution is 7.90. The lowest BCUT2D eigenvalue weighted by atomic mass is 10.2. The molecule has 0 aliphatic carbocycles. The summed E-state index contributed by atoms with van der Waals surface area (Å²) in [5, 5.41) is 12.8. The molecular weight excluding hydrogens is 558 g/mol. The van der Waals surface area contributed by atoms with Gasteiger partial charge in [0, 0.05) is 18.3 Å². The van der Waals surface area contributed by atoms with Crippen LogP contribution < -0.4 is 19.5 Å². The van der Waals surface area contributed by atoms with Crippen molar-refractivity contribution < 1.29 is 22.6 Å². The Morgan fingerprint density at radius 1 is 1.00 bits per heavy atom. The minimum atomic E-state index is -4.09. The SMILES string of the molecule is COc1cc(-n2cnc(Nc3nc(Cl)nc4c3c(C#N)cn4S(=O)(=O)c3ccc(C)cc3)c2)cc(OC)c1OC. The van der Waals surface area contributed by atoms with Crippen molar-refractivity contribution in [3.63, 3.8) is 0 Å². The highest BCUT2D eigenvalue weighted by atomic mass is 35.5. The normalized spacial score (nSPS) is 11.3. The number of hydrogen-bond acceptors (Lipinski definition) is 10. The summed E-state index contributed by atoms with van der Waals surface area (Å²) >= 11 is 6.21. The number of ether oxygens (including phenoxy) is 3. The number of anilines is 2. The van der Waals surface area contributed by atoms with Crippen LogP contribution >= 0.6 is 11.6 Å². The molecule has 0 saturated heterocycles. The van der Waals surface area contributed by atoms with E-state index in [0.29, 0.717) is 28.8 Å². The largest absolute Gasteiger partial charge is 0.493 e. The second kappa shape index (κ2) is 10.4. The van der Waals surface area contributed by atoms with Gasteiger partial charge in [-0.05, 0) is 30.7 Å². The lowest BCUT2D eigenvalue weighted by Crippen LogP contribution is -2.13. The van der Waals surface area contributed by atoms with Gasteiger partial charge in [-0.25, -0.2) is 17.4 Å². The third kappa shape index (κ3) is 4.63. The summed E-state index contributed by atoms with van der Waals surface area (Å²) in [7, 11) is 0.457. The fourth-order valence-electron chi connectivity index (χ4n) is 4.12. The average Bonchev–Trinajstić information content (AvgIpc) is 3.57. The van der Waals surface area contributed by atoms with Gasteiger partial charge in [0.25, 0.3) is 10.0 Å².